The Hall–Kier alpha value is -2.37. The van der Waals surface area contributed by atoms with Crippen LogP contribution in [0.4, 0.5) is 0 Å². The Balaban J connectivity index is 2.04. The first-order chi connectivity index (χ1) is 9.20. The van der Waals surface area contributed by atoms with Crippen molar-refractivity contribution >= 4 is 5.97 Å². The van der Waals surface area contributed by atoms with Crippen LogP contribution in [0, 0.1) is 0 Å². The first-order valence-electron chi connectivity index (χ1n) is 6.04. The highest BCUT2D eigenvalue weighted by Crippen LogP contribution is 2.16. The Morgan fingerprint density at radius 1 is 1.37 bits per heavy atom. The summed E-state index contributed by atoms with van der Waals surface area (Å²) in [5, 5.41) is 16.4. The highest BCUT2D eigenvalue weighted by atomic mass is 16.5. The van der Waals surface area contributed by atoms with E-state index in [1.807, 2.05) is 23.6 Å². The van der Waals surface area contributed by atoms with Crippen LogP contribution in [-0.2, 0) is 11.2 Å². The van der Waals surface area contributed by atoms with Gasteiger partial charge in [0.05, 0.1) is 13.0 Å². The van der Waals surface area contributed by atoms with Crippen molar-refractivity contribution in [3.05, 3.63) is 36.4 Å². The van der Waals surface area contributed by atoms with Crippen molar-refractivity contribution in [1.29, 1.82) is 0 Å². The van der Waals surface area contributed by atoms with E-state index in [9.17, 15) is 4.79 Å². The fraction of sp³-hybridized carbons (Fsp3) is 0.308. The van der Waals surface area contributed by atoms with E-state index >= 15 is 0 Å². The zero-order chi connectivity index (χ0) is 13.7. The molecule has 0 aliphatic carbocycles. The highest BCUT2D eigenvalue weighted by molar-refractivity contribution is 5.66. The fourth-order valence-electron chi connectivity index (χ4n) is 1.67. The van der Waals surface area contributed by atoms with Crippen molar-refractivity contribution in [3.8, 4) is 11.4 Å². The Morgan fingerprint density at radius 3 is 2.74 bits per heavy atom. The van der Waals surface area contributed by atoms with E-state index in [1.54, 1.807) is 18.5 Å². The van der Waals surface area contributed by atoms with E-state index in [1.165, 1.54) is 0 Å². The molecule has 0 aliphatic rings. The Bertz CT molecular complexity index is 549. The summed E-state index contributed by atoms with van der Waals surface area (Å²) in [5.41, 5.74) is 0.951. The Kier molecular flexibility index (Phi) is 4.12. The summed E-state index contributed by atoms with van der Waals surface area (Å²) < 4.78 is 7.23. The van der Waals surface area contributed by atoms with E-state index < -0.39 is 5.97 Å². The zero-order valence-corrected chi connectivity index (χ0v) is 10.6. The van der Waals surface area contributed by atoms with Crippen LogP contribution in [0.3, 0.4) is 0 Å². The molecule has 0 saturated heterocycles. The summed E-state index contributed by atoms with van der Waals surface area (Å²) in [5.74, 6) is 0.671. The Labute approximate surface area is 110 Å². The van der Waals surface area contributed by atoms with E-state index in [-0.39, 0.29) is 13.0 Å². The zero-order valence-electron chi connectivity index (χ0n) is 10.6. The third-order valence-corrected chi connectivity index (χ3v) is 2.63. The third-order valence-electron chi connectivity index (χ3n) is 2.63. The van der Waals surface area contributed by atoms with Gasteiger partial charge >= 0.3 is 5.97 Å². The number of hydrogen-bond acceptors (Lipinski definition) is 4. The van der Waals surface area contributed by atoms with Gasteiger partial charge in [-0.05, 0) is 24.3 Å². The van der Waals surface area contributed by atoms with Gasteiger partial charge in [0.15, 0.2) is 0 Å². The average Bonchev–Trinajstić information content (AvgIpc) is 2.87. The summed E-state index contributed by atoms with van der Waals surface area (Å²) in [6.07, 6.45) is 2.46. The Morgan fingerprint density at radius 2 is 2.11 bits per heavy atom. The maximum absolute atomic E-state index is 10.4. The van der Waals surface area contributed by atoms with Crippen LogP contribution in [0.25, 0.3) is 5.69 Å². The molecule has 1 heterocycles. The smallest absolute Gasteiger partial charge is 0.306 e. The van der Waals surface area contributed by atoms with Crippen LogP contribution in [-0.4, -0.2) is 32.4 Å². The number of benzene rings is 1. The number of aliphatic carboxylic acids is 1. The number of aryl methyl sites for hydroxylation is 1. The lowest BCUT2D eigenvalue weighted by molar-refractivity contribution is -0.137. The van der Waals surface area contributed by atoms with E-state index in [4.69, 9.17) is 9.84 Å². The molecule has 0 fully saturated rings. The van der Waals surface area contributed by atoms with Gasteiger partial charge in [0.25, 0.3) is 0 Å². The lowest BCUT2D eigenvalue weighted by atomic mass is 10.3. The number of aromatic nitrogens is 3. The summed E-state index contributed by atoms with van der Waals surface area (Å²) >= 11 is 0. The normalized spacial score (nSPS) is 10.4. The first-order valence-corrected chi connectivity index (χ1v) is 6.04. The second-order valence-corrected chi connectivity index (χ2v) is 3.96. The van der Waals surface area contributed by atoms with Crippen LogP contribution in [0.15, 0.2) is 30.6 Å². The quantitative estimate of drug-likeness (QED) is 0.856. The molecule has 0 amide bonds. The molecule has 0 aliphatic heterocycles. The molecular formula is C13H15N3O3. The number of nitrogens with zero attached hydrogens (tertiary/aromatic N) is 3. The lowest BCUT2D eigenvalue weighted by Gasteiger charge is -2.07. The largest absolute Gasteiger partial charge is 0.493 e. The molecule has 19 heavy (non-hydrogen) atoms. The van der Waals surface area contributed by atoms with Crippen LogP contribution in [0.5, 0.6) is 5.75 Å². The molecule has 100 valence electrons. The van der Waals surface area contributed by atoms with Crippen molar-refractivity contribution in [2.24, 2.45) is 0 Å². The maximum atomic E-state index is 10.4. The minimum atomic E-state index is -0.867. The summed E-state index contributed by atoms with van der Waals surface area (Å²) in [4.78, 5) is 10.4. The standard InChI is InChI=1S/C13H15N3O3/c1-2-12-15-14-9-16(12)10-3-5-11(6-4-10)19-8-7-13(17)18/h3-6,9H,2,7-8H2,1H3,(H,17,18). The number of hydrogen-bond donors (Lipinski definition) is 1. The van der Waals surface area contributed by atoms with Crippen LogP contribution >= 0.6 is 0 Å². The van der Waals surface area contributed by atoms with Gasteiger partial charge in [0.1, 0.15) is 17.9 Å². The van der Waals surface area contributed by atoms with Crippen LogP contribution < -0.4 is 4.74 Å². The predicted molar refractivity (Wildman–Crippen MR) is 68.5 cm³/mol. The SMILES string of the molecule is CCc1nncn1-c1ccc(OCCC(=O)O)cc1. The number of carboxylic acid groups (broad SMARTS) is 1. The fourth-order valence-corrected chi connectivity index (χ4v) is 1.67. The monoisotopic (exact) mass is 261 g/mol. The number of ether oxygens (including phenoxy) is 1. The molecule has 0 spiro atoms. The van der Waals surface area contributed by atoms with Crippen molar-refractivity contribution < 1.29 is 14.6 Å². The van der Waals surface area contributed by atoms with E-state index in [0.29, 0.717) is 5.75 Å². The summed E-state index contributed by atoms with van der Waals surface area (Å²) in [7, 11) is 0. The topological polar surface area (TPSA) is 77.2 Å². The van der Waals surface area contributed by atoms with Gasteiger partial charge < -0.3 is 9.84 Å². The van der Waals surface area contributed by atoms with Crippen molar-refractivity contribution in [2.75, 3.05) is 6.61 Å². The van der Waals surface area contributed by atoms with Crippen molar-refractivity contribution in [2.45, 2.75) is 19.8 Å². The molecular weight excluding hydrogens is 246 g/mol. The number of carboxylic acids is 1. The van der Waals surface area contributed by atoms with Gasteiger partial charge in [0, 0.05) is 12.1 Å². The van der Waals surface area contributed by atoms with Gasteiger partial charge in [0.2, 0.25) is 0 Å². The number of rotatable bonds is 6. The second-order valence-electron chi connectivity index (χ2n) is 3.96. The first kappa shape index (κ1) is 13.1. The van der Waals surface area contributed by atoms with Crippen molar-refractivity contribution in [3.63, 3.8) is 0 Å². The molecule has 2 rings (SSSR count). The minimum absolute atomic E-state index is 0.00677. The number of carbonyl (C=O) groups is 1. The van der Waals surface area contributed by atoms with Gasteiger partial charge in [-0.1, -0.05) is 6.92 Å². The second kappa shape index (κ2) is 5.99. The van der Waals surface area contributed by atoms with Crippen LogP contribution in [0.1, 0.15) is 19.2 Å². The molecule has 1 aromatic heterocycles. The predicted octanol–water partition coefficient (Wildman–Crippen LogP) is 1.68. The molecule has 6 heteroatoms. The van der Waals surface area contributed by atoms with Crippen LogP contribution in [0.2, 0.25) is 0 Å². The highest BCUT2D eigenvalue weighted by Gasteiger charge is 2.04. The summed E-state index contributed by atoms with van der Waals surface area (Å²) in [6, 6.07) is 7.38. The van der Waals surface area contributed by atoms with Gasteiger partial charge in [-0.15, -0.1) is 10.2 Å². The molecule has 0 radical (unpaired) electrons. The molecule has 0 unspecified atom stereocenters. The maximum Gasteiger partial charge on any atom is 0.306 e. The molecule has 1 aromatic carbocycles. The molecule has 1 N–H and O–H groups in total. The molecule has 6 nitrogen and oxygen atoms in total. The summed E-state index contributed by atoms with van der Waals surface area (Å²) in [6.45, 7) is 2.19. The molecule has 2 aromatic rings. The minimum Gasteiger partial charge on any atom is -0.493 e. The van der Waals surface area contributed by atoms with Gasteiger partial charge in [-0.25, -0.2) is 0 Å². The average molecular weight is 261 g/mol. The van der Waals surface area contributed by atoms with Gasteiger partial charge in [-0.3, -0.25) is 9.36 Å². The van der Waals surface area contributed by atoms with Crippen molar-refractivity contribution in [1.82, 2.24) is 14.8 Å². The molecule has 0 bridgehead atoms. The third kappa shape index (κ3) is 3.31. The van der Waals surface area contributed by atoms with E-state index in [2.05, 4.69) is 10.2 Å². The molecule has 0 saturated carbocycles. The van der Waals surface area contributed by atoms with Gasteiger partial charge in [-0.2, -0.15) is 0 Å². The van der Waals surface area contributed by atoms with E-state index in [0.717, 1.165) is 17.9 Å². The lowest BCUT2D eigenvalue weighted by Crippen LogP contribution is -2.05. The molecule has 0 atom stereocenters.